The zero-order valence-corrected chi connectivity index (χ0v) is 8.24. The normalized spacial score (nSPS) is 11.0. The second-order valence-corrected chi connectivity index (χ2v) is 3.99. The van der Waals surface area contributed by atoms with Gasteiger partial charge in [0.05, 0.1) is 6.54 Å². The van der Waals surface area contributed by atoms with Crippen molar-refractivity contribution < 1.29 is 4.79 Å². The summed E-state index contributed by atoms with van der Waals surface area (Å²) in [7, 11) is 0. The standard InChI is InChI=1S/C8H15ClN2O/c1-6(9)5-11-7(12)4-8(2,3)10/h1,4-5,10H2,2-3H3,(H,11,12). The molecule has 0 aromatic rings. The third kappa shape index (κ3) is 7.57. The number of amides is 1. The van der Waals surface area contributed by atoms with Crippen molar-refractivity contribution in [3.8, 4) is 0 Å². The Labute approximate surface area is 78.0 Å². The van der Waals surface area contributed by atoms with Crippen LogP contribution in [-0.4, -0.2) is 18.0 Å². The summed E-state index contributed by atoms with van der Waals surface area (Å²) < 4.78 is 0. The Bertz CT molecular complexity index is 184. The van der Waals surface area contributed by atoms with Crippen LogP contribution in [0.5, 0.6) is 0 Å². The Balaban J connectivity index is 3.68. The Morgan fingerprint density at radius 3 is 2.50 bits per heavy atom. The first-order valence-electron chi connectivity index (χ1n) is 3.70. The van der Waals surface area contributed by atoms with Crippen LogP contribution in [0, 0.1) is 0 Å². The molecule has 0 aromatic heterocycles. The van der Waals surface area contributed by atoms with Crippen molar-refractivity contribution in [3.63, 3.8) is 0 Å². The van der Waals surface area contributed by atoms with Gasteiger partial charge < -0.3 is 11.1 Å². The molecular weight excluding hydrogens is 176 g/mol. The topological polar surface area (TPSA) is 55.1 Å². The van der Waals surface area contributed by atoms with Crippen molar-refractivity contribution >= 4 is 17.5 Å². The minimum atomic E-state index is -0.474. The molecule has 0 heterocycles. The monoisotopic (exact) mass is 190 g/mol. The molecule has 3 N–H and O–H groups in total. The molecule has 0 saturated carbocycles. The van der Waals surface area contributed by atoms with Crippen molar-refractivity contribution in [2.75, 3.05) is 6.54 Å². The van der Waals surface area contributed by atoms with Gasteiger partial charge in [-0.3, -0.25) is 4.79 Å². The fourth-order valence-electron chi connectivity index (χ4n) is 0.671. The third-order valence-electron chi connectivity index (χ3n) is 1.09. The van der Waals surface area contributed by atoms with E-state index in [0.717, 1.165) is 0 Å². The fraction of sp³-hybridized carbons (Fsp3) is 0.625. The summed E-state index contributed by atoms with van der Waals surface area (Å²) in [6.45, 7) is 7.33. The van der Waals surface area contributed by atoms with Crippen LogP contribution in [0.2, 0.25) is 0 Å². The predicted octanol–water partition coefficient (Wildman–Crippen LogP) is 0.982. The van der Waals surface area contributed by atoms with Crippen LogP contribution in [-0.2, 0) is 4.79 Å². The third-order valence-corrected chi connectivity index (χ3v) is 1.23. The molecule has 0 aliphatic heterocycles. The molecular formula is C8H15ClN2O. The average Bonchev–Trinajstić information content (AvgIpc) is 1.79. The van der Waals surface area contributed by atoms with Gasteiger partial charge in [0.2, 0.25) is 5.91 Å². The van der Waals surface area contributed by atoms with Gasteiger partial charge in [0.1, 0.15) is 0 Å². The number of hydrogen-bond donors (Lipinski definition) is 2. The van der Waals surface area contributed by atoms with Crippen LogP contribution in [0.4, 0.5) is 0 Å². The summed E-state index contributed by atoms with van der Waals surface area (Å²) >= 11 is 5.45. The van der Waals surface area contributed by atoms with Crippen LogP contribution >= 0.6 is 11.6 Å². The zero-order chi connectivity index (χ0) is 9.78. The van der Waals surface area contributed by atoms with E-state index in [0.29, 0.717) is 11.6 Å². The molecule has 0 spiro atoms. The number of rotatable bonds is 4. The Hall–Kier alpha value is -0.540. The number of carbonyl (C=O) groups is 1. The van der Waals surface area contributed by atoms with Crippen molar-refractivity contribution in [2.45, 2.75) is 25.8 Å². The van der Waals surface area contributed by atoms with E-state index in [2.05, 4.69) is 11.9 Å². The number of halogens is 1. The van der Waals surface area contributed by atoms with Gasteiger partial charge in [-0.25, -0.2) is 0 Å². The zero-order valence-electron chi connectivity index (χ0n) is 7.48. The first-order valence-corrected chi connectivity index (χ1v) is 4.08. The fourth-order valence-corrected chi connectivity index (χ4v) is 0.738. The molecule has 1 amide bonds. The minimum Gasteiger partial charge on any atom is -0.351 e. The van der Waals surface area contributed by atoms with Gasteiger partial charge in [0, 0.05) is 17.0 Å². The van der Waals surface area contributed by atoms with E-state index in [4.69, 9.17) is 17.3 Å². The quantitative estimate of drug-likeness (QED) is 0.695. The molecule has 3 nitrogen and oxygen atoms in total. The Morgan fingerprint density at radius 1 is 1.67 bits per heavy atom. The molecule has 0 unspecified atom stereocenters. The summed E-state index contributed by atoms with van der Waals surface area (Å²) in [6, 6.07) is 0. The molecule has 0 saturated heterocycles. The average molecular weight is 191 g/mol. The highest BCUT2D eigenvalue weighted by atomic mass is 35.5. The molecule has 0 aliphatic rings. The predicted molar refractivity (Wildman–Crippen MR) is 50.9 cm³/mol. The molecule has 0 aromatic carbocycles. The lowest BCUT2D eigenvalue weighted by atomic mass is 10.0. The van der Waals surface area contributed by atoms with Crippen molar-refractivity contribution in [1.82, 2.24) is 5.32 Å². The number of nitrogens with one attached hydrogen (secondary N) is 1. The van der Waals surface area contributed by atoms with Crippen molar-refractivity contribution in [3.05, 3.63) is 11.6 Å². The lowest BCUT2D eigenvalue weighted by molar-refractivity contribution is -0.121. The highest BCUT2D eigenvalue weighted by molar-refractivity contribution is 6.29. The molecule has 4 heteroatoms. The molecule has 0 aliphatic carbocycles. The van der Waals surface area contributed by atoms with Gasteiger partial charge in [0.15, 0.2) is 0 Å². The maximum absolute atomic E-state index is 11.1. The van der Waals surface area contributed by atoms with Gasteiger partial charge in [-0.15, -0.1) is 0 Å². The first kappa shape index (κ1) is 11.5. The van der Waals surface area contributed by atoms with Gasteiger partial charge in [-0.2, -0.15) is 0 Å². The largest absolute Gasteiger partial charge is 0.351 e. The van der Waals surface area contributed by atoms with Crippen molar-refractivity contribution in [1.29, 1.82) is 0 Å². The van der Waals surface area contributed by atoms with Crippen molar-refractivity contribution in [2.24, 2.45) is 5.73 Å². The van der Waals surface area contributed by atoms with E-state index < -0.39 is 5.54 Å². The van der Waals surface area contributed by atoms with Gasteiger partial charge in [-0.05, 0) is 13.8 Å². The lowest BCUT2D eigenvalue weighted by Gasteiger charge is -2.17. The van der Waals surface area contributed by atoms with E-state index in [1.54, 1.807) is 13.8 Å². The molecule has 70 valence electrons. The van der Waals surface area contributed by atoms with Gasteiger partial charge in [0.25, 0.3) is 0 Å². The maximum Gasteiger partial charge on any atom is 0.222 e. The Kier molecular flexibility index (Phi) is 4.28. The van der Waals surface area contributed by atoms with Crippen LogP contribution in [0.3, 0.4) is 0 Å². The van der Waals surface area contributed by atoms with E-state index >= 15 is 0 Å². The van der Waals surface area contributed by atoms with E-state index in [-0.39, 0.29) is 12.3 Å². The highest BCUT2D eigenvalue weighted by Crippen LogP contribution is 2.02. The molecule has 0 atom stereocenters. The van der Waals surface area contributed by atoms with Crippen LogP contribution in [0.25, 0.3) is 0 Å². The first-order chi connectivity index (χ1) is 5.31. The highest BCUT2D eigenvalue weighted by Gasteiger charge is 2.15. The summed E-state index contributed by atoms with van der Waals surface area (Å²) in [5, 5.41) is 3.00. The maximum atomic E-state index is 11.1. The number of hydrogen-bond acceptors (Lipinski definition) is 2. The Morgan fingerprint density at radius 2 is 2.17 bits per heavy atom. The molecule has 12 heavy (non-hydrogen) atoms. The molecule has 0 radical (unpaired) electrons. The number of nitrogens with two attached hydrogens (primary N) is 1. The minimum absolute atomic E-state index is 0.107. The summed E-state index contributed by atoms with van der Waals surface area (Å²) in [6.07, 6.45) is 0.289. The SMILES string of the molecule is C=C(Cl)CNC(=O)CC(C)(C)N. The second kappa shape index (κ2) is 4.48. The summed E-state index contributed by atoms with van der Waals surface area (Å²) in [5.41, 5.74) is 5.15. The van der Waals surface area contributed by atoms with E-state index in [1.165, 1.54) is 0 Å². The van der Waals surface area contributed by atoms with Gasteiger partial charge in [-0.1, -0.05) is 18.2 Å². The molecule has 0 bridgehead atoms. The lowest BCUT2D eigenvalue weighted by Crippen LogP contribution is -2.39. The van der Waals surface area contributed by atoms with Gasteiger partial charge >= 0.3 is 0 Å². The van der Waals surface area contributed by atoms with E-state index in [9.17, 15) is 4.79 Å². The van der Waals surface area contributed by atoms with Crippen LogP contribution in [0.1, 0.15) is 20.3 Å². The van der Waals surface area contributed by atoms with Crippen LogP contribution < -0.4 is 11.1 Å². The number of carbonyl (C=O) groups excluding carboxylic acids is 1. The summed E-state index contributed by atoms with van der Waals surface area (Å²) in [4.78, 5) is 11.1. The summed E-state index contributed by atoms with van der Waals surface area (Å²) in [5.74, 6) is -0.107. The smallest absolute Gasteiger partial charge is 0.222 e. The van der Waals surface area contributed by atoms with E-state index in [1.807, 2.05) is 0 Å². The van der Waals surface area contributed by atoms with Crippen LogP contribution in [0.15, 0.2) is 11.6 Å². The molecule has 0 fully saturated rings. The second-order valence-electron chi connectivity index (χ2n) is 3.46. The molecule has 0 rings (SSSR count).